The first-order valence-corrected chi connectivity index (χ1v) is 3.00. The molecule has 0 saturated heterocycles. The molecule has 0 aromatic carbocycles. The second kappa shape index (κ2) is 7.18. The molecule has 0 bridgehead atoms. The Balaban J connectivity index is 0. The van der Waals surface area contributed by atoms with Crippen molar-refractivity contribution in [1.82, 2.24) is 0 Å². The minimum absolute atomic E-state index is 0. The van der Waals surface area contributed by atoms with Gasteiger partial charge < -0.3 is 9.40 Å². The summed E-state index contributed by atoms with van der Waals surface area (Å²) in [5.41, 5.74) is 0. The van der Waals surface area contributed by atoms with Gasteiger partial charge >= 0.3 is 41.5 Å². The van der Waals surface area contributed by atoms with Crippen molar-refractivity contribution < 1.29 is 19.0 Å². The van der Waals surface area contributed by atoms with Crippen LogP contribution in [0.2, 0.25) is 0 Å². The van der Waals surface area contributed by atoms with Crippen molar-refractivity contribution in [3.05, 3.63) is 0 Å². The predicted molar refractivity (Wildman–Crippen MR) is 41.0 cm³/mol. The van der Waals surface area contributed by atoms with Gasteiger partial charge in [0, 0.05) is 0 Å². The fraction of sp³-hybridized carbons (Fsp3) is 0.500. The van der Waals surface area contributed by atoms with Crippen LogP contribution in [0.15, 0.2) is 0 Å². The summed E-state index contributed by atoms with van der Waals surface area (Å²) >= 11 is 9.79. The van der Waals surface area contributed by atoms with Gasteiger partial charge in [0.05, 0.1) is 6.42 Å². The second-order valence-electron chi connectivity index (χ2n) is 1.46. The molecule has 0 aliphatic carbocycles. The molecule has 7 heteroatoms. The molecule has 11 heavy (non-hydrogen) atoms. The quantitative estimate of drug-likeness (QED) is 0.531. The van der Waals surface area contributed by atoms with Gasteiger partial charge in [-0.15, -0.1) is 11.6 Å². The van der Waals surface area contributed by atoms with E-state index in [0.29, 0.717) is 0 Å². The maximum absolute atomic E-state index is 10.3. The van der Waals surface area contributed by atoms with Crippen molar-refractivity contribution in [2.45, 2.75) is 11.8 Å². The summed E-state index contributed by atoms with van der Waals surface area (Å²) in [6.07, 6.45) is -0.493. The molecule has 0 heterocycles. The monoisotopic (exact) mass is 210 g/mol. The van der Waals surface area contributed by atoms with E-state index in [4.69, 9.17) is 16.7 Å². The molecule has 0 aromatic heterocycles. The number of carbonyl (C=O) groups excluding carboxylic acids is 1. The van der Waals surface area contributed by atoms with Crippen molar-refractivity contribution in [3.63, 3.8) is 0 Å². The summed E-state index contributed by atoms with van der Waals surface area (Å²) in [4.78, 5) is 20.2. The van der Waals surface area contributed by atoms with Crippen molar-refractivity contribution in [3.8, 4) is 0 Å². The van der Waals surface area contributed by atoms with Crippen molar-refractivity contribution in [2.75, 3.05) is 0 Å². The van der Waals surface area contributed by atoms with Gasteiger partial charge in [-0.05, 0) is 0 Å². The van der Waals surface area contributed by atoms with Crippen LogP contribution in [0.4, 0.5) is 0 Å². The van der Waals surface area contributed by atoms with E-state index in [1.54, 1.807) is 0 Å². The minimum atomic E-state index is -1.21. The average molecular weight is 211 g/mol. The molecule has 0 amide bonds. The molecule has 60 valence electrons. The van der Waals surface area contributed by atoms with Crippen LogP contribution < -0.4 is 0 Å². The van der Waals surface area contributed by atoms with Gasteiger partial charge in [-0.1, -0.05) is 0 Å². The first-order valence-electron chi connectivity index (χ1n) is 2.26. The van der Waals surface area contributed by atoms with E-state index in [1.165, 1.54) is 0 Å². The number of hydrogen-bond donors (Lipinski definition) is 1. The molecule has 0 radical (unpaired) electrons. The van der Waals surface area contributed by atoms with E-state index in [1.807, 2.05) is 0 Å². The fourth-order valence-electron chi connectivity index (χ4n) is 0.285. The number of hydrogen-bond acceptors (Lipinski definition) is 3. The Kier molecular flexibility index (Phi) is 9.19. The molecular formula is C4H5Cl2NaO4. The van der Waals surface area contributed by atoms with E-state index in [-0.39, 0.29) is 29.6 Å². The third-order valence-electron chi connectivity index (χ3n) is 0.686. The molecule has 4 nitrogen and oxygen atoms in total. The van der Waals surface area contributed by atoms with Crippen LogP contribution >= 0.6 is 23.5 Å². The number of carbonyl (C=O) groups is 2. The number of alkyl halides is 1. The molecule has 0 aliphatic rings. The van der Waals surface area contributed by atoms with E-state index in [9.17, 15) is 9.59 Å². The normalized spacial score (nSPS) is 11.1. The van der Waals surface area contributed by atoms with Gasteiger partial charge in [0.2, 0.25) is 0 Å². The van der Waals surface area contributed by atoms with Crippen LogP contribution in [-0.2, 0) is 13.9 Å². The summed E-state index contributed by atoms with van der Waals surface area (Å²) in [6, 6.07) is 0. The van der Waals surface area contributed by atoms with Gasteiger partial charge in [-0.2, -0.15) is 0 Å². The van der Waals surface area contributed by atoms with Crippen LogP contribution in [0.3, 0.4) is 0 Å². The van der Waals surface area contributed by atoms with Crippen LogP contribution in [0.1, 0.15) is 6.42 Å². The standard InChI is InChI=1S/C4H4Cl2O4.Na.H/c5-2(1-3(7)8)4(9)10-6;;/h2H,1H2,(H,7,8);;. The number of carboxylic acid groups (broad SMARTS) is 1. The molecular weight excluding hydrogens is 206 g/mol. The molecule has 1 N–H and O–H groups in total. The van der Waals surface area contributed by atoms with E-state index in [2.05, 4.69) is 16.2 Å². The van der Waals surface area contributed by atoms with Crippen molar-refractivity contribution >= 4 is 65.0 Å². The van der Waals surface area contributed by atoms with Gasteiger partial charge in [0.15, 0.2) is 0 Å². The van der Waals surface area contributed by atoms with Gasteiger partial charge in [0.25, 0.3) is 0 Å². The Morgan fingerprint density at radius 1 is 1.55 bits per heavy atom. The van der Waals surface area contributed by atoms with Gasteiger partial charge in [-0.25, -0.2) is 4.79 Å². The van der Waals surface area contributed by atoms with E-state index >= 15 is 0 Å². The molecule has 0 rings (SSSR count). The Labute approximate surface area is 95.3 Å². The summed E-state index contributed by atoms with van der Waals surface area (Å²) in [5.74, 6) is -2.13. The first kappa shape index (κ1) is 14.1. The zero-order valence-electron chi connectivity index (χ0n) is 4.71. The molecule has 0 aliphatic heterocycles. The third kappa shape index (κ3) is 6.90. The molecule has 1 atom stereocenters. The second-order valence-corrected chi connectivity index (χ2v) is 2.14. The Morgan fingerprint density at radius 2 is 2.00 bits per heavy atom. The van der Waals surface area contributed by atoms with Crippen LogP contribution in [0.5, 0.6) is 0 Å². The third-order valence-corrected chi connectivity index (χ3v) is 1.17. The number of halogens is 2. The van der Waals surface area contributed by atoms with E-state index < -0.39 is 23.7 Å². The number of rotatable bonds is 3. The van der Waals surface area contributed by atoms with Gasteiger partial charge in [-0.3, -0.25) is 4.79 Å². The predicted octanol–water partition coefficient (Wildman–Crippen LogP) is 0.117. The number of carboxylic acids is 1. The Morgan fingerprint density at radius 3 is 2.27 bits per heavy atom. The van der Waals surface area contributed by atoms with Crippen LogP contribution in [-0.4, -0.2) is 52.0 Å². The SMILES string of the molecule is O=C(O)CC(Cl)C(=O)OCl.[NaH]. The zero-order valence-corrected chi connectivity index (χ0v) is 6.22. The Hall–Kier alpha value is 0.520. The Bertz CT molecular complexity index is 151. The fourth-order valence-corrected chi connectivity index (χ4v) is 0.615. The summed E-state index contributed by atoms with van der Waals surface area (Å²) in [7, 11) is 0. The summed E-state index contributed by atoms with van der Waals surface area (Å²) in [6.45, 7) is 0. The summed E-state index contributed by atoms with van der Waals surface area (Å²) in [5, 5.41) is 6.88. The summed E-state index contributed by atoms with van der Waals surface area (Å²) < 4.78 is 3.65. The molecule has 0 saturated carbocycles. The molecule has 0 fully saturated rings. The average Bonchev–Trinajstić information content (AvgIpc) is 1.85. The van der Waals surface area contributed by atoms with Crippen molar-refractivity contribution in [2.24, 2.45) is 0 Å². The van der Waals surface area contributed by atoms with E-state index in [0.717, 1.165) is 0 Å². The first-order chi connectivity index (χ1) is 4.57. The van der Waals surface area contributed by atoms with Crippen molar-refractivity contribution in [1.29, 1.82) is 0 Å². The van der Waals surface area contributed by atoms with Gasteiger partial charge in [0.1, 0.15) is 17.2 Å². The molecule has 1 unspecified atom stereocenters. The molecule has 0 spiro atoms. The maximum atomic E-state index is 10.3. The van der Waals surface area contributed by atoms with Crippen LogP contribution in [0.25, 0.3) is 0 Å². The van der Waals surface area contributed by atoms with Crippen LogP contribution in [0, 0.1) is 0 Å². The number of aliphatic carboxylic acids is 1. The zero-order chi connectivity index (χ0) is 8.15. The molecule has 0 aromatic rings. The topological polar surface area (TPSA) is 63.6 Å².